The summed E-state index contributed by atoms with van der Waals surface area (Å²) < 4.78 is 42.0. The number of alkyl halides is 3. The first kappa shape index (κ1) is 12.3. The first-order valence-corrected chi connectivity index (χ1v) is 4.90. The molecule has 0 aliphatic rings. The molecule has 0 aliphatic heterocycles. The molecule has 0 saturated carbocycles. The minimum absolute atomic E-state index is 0.228. The SMILES string of the molecule is COC(=O)c1c(C(F)(F)F)[nH]c(C)c1I. The Kier molecular flexibility index (Phi) is 3.31. The van der Waals surface area contributed by atoms with Crippen LogP contribution in [0.2, 0.25) is 0 Å². The molecule has 0 aliphatic carbocycles. The van der Waals surface area contributed by atoms with Crippen molar-refractivity contribution in [3.63, 3.8) is 0 Å². The van der Waals surface area contributed by atoms with Crippen molar-refractivity contribution in [1.82, 2.24) is 4.98 Å². The lowest BCUT2D eigenvalue weighted by molar-refractivity contribution is -0.141. The zero-order valence-electron chi connectivity index (χ0n) is 7.83. The molecule has 0 bridgehead atoms. The van der Waals surface area contributed by atoms with E-state index in [0.29, 0.717) is 5.69 Å². The highest BCUT2D eigenvalue weighted by Crippen LogP contribution is 2.34. The highest BCUT2D eigenvalue weighted by Gasteiger charge is 2.39. The summed E-state index contributed by atoms with van der Waals surface area (Å²) in [7, 11) is 1.04. The van der Waals surface area contributed by atoms with Crippen molar-refractivity contribution in [1.29, 1.82) is 0 Å². The maximum atomic E-state index is 12.5. The van der Waals surface area contributed by atoms with Gasteiger partial charge in [-0.1, -0.05) is 0 Å². The minimum atomic E-state index is -4.59. The van der Waals surface area contributed by atoms with E-state index in [9.17, 15) is 18.0 Å². The summed E-state index contributed by atoms with van der Waals surface area (Å²) in [5, 5.41) is 0. The first-order chi connectivity index (χ1) is 6.79. The molecule has 1 heterocycles. The van der Waals surface area contributed by atoms with Crippen molar-refractivity contribution in [2.24, 2.45) is 0 Å². The molecule has 1 aromatic rings. The van der Waals surface area contributed by atoms with Gasteiger partial charge in [0.2, 0.25) is 0 Å². The largest absolute Gasteiger partial charge is 0.465 e. The molecule has 3 nitrogen and oxygen atoms in total. The molecule has 0 atom stereocenters. The lowest BCUT2D eigenvalue weighted by atomic mass is 10.2. The van der Waals surface area contributed by atoms with Gasteiger partial charge in [0.25, 0.3) is 0 Å². The minimum Gasteiger partial charge on any atom is -0.465 e. The smallest absolute Gasteiger partial charge is 0.432 e. The molecule has 1 rings (SSSR count). The molecule has 1 aromatic heterocycles. The average Bonchev–Trinajstić information content (AvgIpc) is 2.42. The van der Waals surface area contributed by atoms with Gasteiger partial charge in [0.05, 0.1) is 7.11 Å². The standard InChI is InChI=1S/C8H7F3INO2/c1-3-5(12)4(7(14)15-2)6(13-3)8(9,10)11/h13H,1-2H3. The molecule has 0 amide bonds. The number of halogens is 4. The maximum Gasteiger partial charge on any atom is 0.432 e. The van der Waals surface area contributed by atoms with Gasteiger partial charge in [0.1, 0.15) is 11.3 Å². The highest BCUT2D eigenvalue weighted by atomic mass is 127. The fourth-order valence-electron chi connectivity index (χ4n) is 1.11. The highest BCUT2D eigenvalue weighted by molar-refractivity contribution is 14.1. The summed E-state index contributed by atoms with van der Waals surface area (Å²) in [6.07, 6.45) is -4.59. The fraction of sp³-hybridized carbons (Fsp3) is 0.375. The summed E-state index contributed by atoms with van der Waals surface area (Å²) in [6, 6.07) is 0. The quantitative estimate of drug-likeness (QED) is 0.634. The van der Waals surface area contributed by atoms with Crippen LogP contribution < -0.4 is 0 Å². The monoisotopic (exact) mass is 333 g/mol. The molecule has 15 heavy (non-hydrogen) atoms. The van der Waals surface area contributed by atoms with Gasteiger partial charge in [-0.2, -0.15) is 13.2 Å². The van der Waals surface area contributed by atoms with E-state index in [4.69, 9.17) is 0 Å². The Morgan fingerprint density at radius 2 is 2.00 bits per heavy atom. The molecule has 0 saturated heterocycles. The van der Waals surface area contributed by atoms with Gasteiger partial charge in [-0.15, -0.1) is 0 Å². The van der Waals surface area contributed by atoms with E-state index >= 15 is 0 Å². The van der Waals surface area contributed by atoms with Crippen LogP contribution in [0.3, 0.4) is 0 Å². The van der Waals surface area contributed by atoms with Gasteiger partial charge in [-0.25, -0.2) is 4.79 Å². The third-order valence-corrected chi connectivity index (χ3v) is 3.13. The maximum absolute atomic E-state index is 12.5. The molecule has 0 aromatic carbocycles. The second-order valence-corrected chi connectivity index (χ2v) is 3.88. The molecule has 84 valence electrons. The molecule has 1 N–H and O–H groups in total. The van der Waals surface area contributed by atoms with Crippen molar-refractivity contribution in [2.75, 3.05) is 7.11 Å². The summed E-state index contributed by atoms with van der Waals surface area (Å²) in [5.41, 5.74) is -1.22. The number of aryl methyl sites for hydroxylation is 1. The van der Waals surface area contributed by atoms with E-state index in [1.165, 1.54) is 6.92 Å². The lowest BCUT2D eigenvalue weighted by Crippen LogP contribution is -2.13. The molecule has 0 radical (unpaired) electrons. The van der Waals surface area contributed by atoms with Crippen molar-refractivity contribution in [3.8, 4) is 0 Å². The zero-order valence-corrected chi connectivity index (χ0v) is 9.99. The van der Waals surface area contributed by atoms with Gasteiger partial charge in [0, 0.05) is 9.26 Å². The predicted octanol–water partition coefficient (Wildman–Crippen LogP) is 2.73. The van der Waals surface area contributed by atoms with E-state index < -0.39 is 23.4 Å². The van der Waals surface area contributed by atoms with E-state index in [1.807, 2.05) is 0 Å². The Morgan fingerprint density at radius 1 is 1.47 bits per heavy atom. The number of H-pyrrole nitrogens is 1. The fourth-order valence-corrected chi connectivity index (χ4v) is 1.73. The molecule has 0 spiro atoms. The Balaban J connectivity index is 3.40. The van der Waals surface area contributed by atoms with Crippen LogP contribution in [-0.4, -0.2) is 18.1 Å². The predicted molar refractivity (Wildman–Crippen MR) is 54.6 cm³/mol. The van der Waals surface area contributed by atoms with Gasteiger partial charge in [-0.05, 0) is 29.5 Å². The van der Waals surface area contributed by atoms with E-state index in [2.05, 4.69) is 9.72 Å². The molecule has 0 unspecified atom stereocenters. The Labute approximate surface area is 97.1 Å². The summed E-state index contributed by atoms with van der Waals surface area (Å²) in [6.45, 7) is 1.46. The van der Waals surface area contributed by atoms with Gasteiger partial charge in [-0.3, -0.25) is 0 Å². The van der Waals surface area contributed by atoms with E-state index in [1.54, 1.807) is 22.6 Å². The number of carbonyl (C=O) groups is 1. The normalized spacial score (nSPS) is 11.6. The number of aromatic amines is 1. The van der Waals surface area contributed by atoms with Gasteiger partial charge in [0.15, 0.2) is 0 Å². The van der Waals surface area contributed by atoms with Gasteiger partial charge >= 0.3 is 12.1 Å². The van der Waals surface area contributed by atoms with E-state index in [0.717, 1.165) is 7.11 Å². The van der Waals surface area contributed by atoms with Crippen molar-refractivity contribution >= 4 is 28.6 Å². The summed E-state index contributed by atoms with van der Waals surface area (Å²) in [5.74, 6) is -0.990. The second kappa shape index (κ2) is 4.03. The number of hydrogen-bond donors (Lipinski definition) is 1. The average molecular weight is 333 g/mol. The van der Waals surface area contributed by atoms with Crippen LogP contribution in [0.5, 0.6) is 0 Å². The second-order valence-electron chi connectivity index (χ2n) is 2.80. The van der Waals surface area contributed by atoms with Crippen molar-refractivity contribution < 1.29 is 22.7 Å². The van der Waals surface area contributed by atoms with Crippen molar-refractivity contribution in [3.05, 3.63) is 20.5 Å². The van der Waals surface area contributed by atoms with Crippen LogP contribution >= 0.6 is 22.6 Å². The number of methoxy groups -OCH3 is 1. The van der Waals surface area contributed by atoms with Crippen LogP contribution in [-0.2, 0) is 10.9 Å². The topological polar surface area (TPSA) is 42.1 Å². The molecular weight excluding hydrogens is 326 g/mol. The van der Waals surface area contributed by atoms with Crippen LogP contribution in [0, 0.1) is 10.5 Å². The van der Waals surface area contributed by atoms with Crippen molar-refractivity contribution in [2.45, 2.75) is 13.1 Å². The van der Waals surface area contributed by atoms with Crippen LogP contribution in [0.25, 0.3) is 0 Å². The summed E-state index contributed by atoms with van der Waals surface area (Å²) >= 11 is 1.67. The molecule has 7 heteroatoms. The Morgan fingerprint density at radius 3 is 2.40 bits per heavy atom. The number of carbonyl (C=O) groups excluding carboxylic acids is 1. The Bertz CT molecular complexity index is 397. The number of ether oxygens (including phenoxy) is 1. The number of aromatic nitrogens is 1. The van der Waals surface area contributed by atoms with Crippen LogP contribution in [0.1, 0.15) is 21.7 Å². The number of rotatable bonds is 1. The van der Waals surface area contributed by atoms with Crippen LogP contribution in [0.15, 0.2) is 0 Å². The number of esters is 1. The first-order valence-electron chi connectivity index (χ1n) is 3.82. The van der Waals surface area contributed by atoms with E-state index in [-0.39, 0.29) is 3.57 Å². The lowest BCUT2D eigenvalue weighted by Gasteiger charge is -2.06. The molecule has 0 fully saturated rings. The number of nitrogens with one attached hydrogen (secondary N) is 1. The zero-order chi connectivity index (χ0) is 11.8. The number of hydrogen-bond acceptors (Lipinski definition) is 2. The third kappa shape index (κ3) is 2.27. The summed E-state index contributed by atoms with van der Waals surface area (Å²) in [4.78, 5) is 13.3. The van der Waals surface area contributed by atoms with Crippen LogP contribution in [0.4, 0.5) is 13.2 Å². The molecular formula is C8H7F3INO2. The van der Waals surface area contributed by atoms with Gasteiger partial charge < -0.3 is 9.72 Å². The Hall–Kier alpha value is -0.730. The third-order valence-electron chi connectivity index (χ3n) is 1.78.